The number of carbonyl (C=O) groups is 1. The second-order valence-electron chi connectivity index (χ2n) is 4.77. The number of hydrogen-bond acceptors (Lipinski definition) is 4. The fourth-order valence-electron chi connectivity index (χ4n) is 2.17. The summed E-state index contributed by atoms with van der Waals surface area (Å²) in [7, 11) is 0. The molecule has 98 valence electrons. The monoisotopic (exact) mass is 249 g/mol. The highest BCUT2D eigenvalue weighted by molar-refractivity contribution is 5.78. The molecule has 2 rings (SSSR count). The number of nitrogens with zero attached hydrogens (tertiary/aromatic N) is 2. The molecule has 0 radical (unpaired) electrons. The van der Waals surface area contributed by atoms with Gasteiger partial charge in [-0.25, -0.2) is 0 Å². The number of nitrogen functional groups attached to an aromatic ring is 1. The van der Waals surface area contributed by atoms with E-state index in [4.69, 9.17) is 10.8 Å². The number of likely N-dealkylation sites (tertiary alicyclic amines) is 1. The zero-order valence-electron chi connectivity index (χ0n) is 10.4. The van der Waals surface area contributed by atoms with Crippen molar-refractivity contribution in [2.45, 2.75) is 19.3 Å². The van der Waals surface area contributed by atoms with Gasteiger partial charge in [-0.15, -0.1) is 0 Å². The fraction of sp³-hybridized carbons (Fsp3) is 0.538. The Balaban J connectivity index is 1.87. The van der Waals surface area contributed by atoms with Crippen molar-refractivity contribution in [3.8, 4) is 0 Å². The number of pyridine rings is 1. The topological polar surface area (TPSA) is 79.5 Å². The normalized spacial score (nSPS) is 16.8. The molecule has 5 nitrogen and oxygen atoms in total. The number of aliphatic hydroxyl groups excluding tert-OH is 1. The number of hydrogen-bond donors (Lipinski definition) is 2. The van der Waals surface area contributed by atoms with E-state index in [1.807, 2.05) is 4.90 Å². The van der Waals surface area contributed by atoms with Crippen LogP contribution in [0.5, 0.6) is 0 Å². The molecule has 18 heavy (non-hydrogen) atoms. The summed E-state index contributed by atoms with van der Waals surface area (Å²) in [6.45, 7) is 1.69. The van der Waals surface area contributed by atoms with Gasteiger partial charge < -0.3 is 15.7 Å². The molecule has 1 amide bonds. The van der Waals surface area contributed by atoms with Gasteiger partial charge in [0.15, 0.2) is 0 Å². The Hall–Kier alpha value is -1.62. The van der Waals surface area contributed by atoms with Crippen molar-refractivity contribution in [2.24, 2.45) is 5.92 Å². The van der Waals surface area contributed by atoms with Crippen molar-refractivity contribution < 1.29 is 9.90 Å². The van der Waals surface area contributed by atoms with Crippen LogP contribution in [0.15, 0.2) is 18.3 Å². The van der Waals surface area contributed by atoms with Crippen molar-refractivity contribution in [3.63, 3.8) is 0 Å². The second-order valence-corrected chi connectivity index (χ2v) is 4.77. The molecule has 5 heteroatoms. The van der Waals surface area contributed by atoms with Gasteiger partial charge in [0.25, 0.3) is 0 Å². The lowest BCUT2D eigenvalue weighted by atomic mass is 9.97. The van der Waals surface area contributed by atoms with E-state index in [0.29, 0.717) is 18.0 Å². The molecular formula is C13H19N3O2. The Bertz CT molecular complexity index is 397. The maximum atomic E-state index is 12.0. The number of aromatic nitrogens is 1. The smallest absolute Gasteiger partial charge is 0.228 e. The van der Waals surface area contributed by atoms with Crippen LogP contribution in [0.4, 0.5) is 5.69 Å². The van der Waals surface area contributed by atoms with Crippen molar-refractivity contribution in [1.29, 1.82) is 0 Å². The van der Waals surface area contributed by atoms with E-state index >= 15 is 0 Å². The number of piperidine rings is 1. The lowest BCUT2D eigenvalue weighted by Gasteiger charge is -2.31. The van der Waals surface area contributed by atoms with Crippen molar-refractivity contribution >= 4 is 11.6 Å². The molecular weight excluding hydrogens is 230 g/mol. The Morgan fingerprint density at radius 2 is 2.17 bits per heavy atom. The first-order chi connectivity index (χ1) is 8.69. The van der Waals surface area contributed by atoms with Crippen molar-refractivity contribution in [2.75, 3.05) is 25.4 Å². The van der Waals surface area contributed by atoms with Crippen molar-refractivity contribution in [3.05, 3.63) is 24.0 Å². The molecule has 1 fully saturated rings. The molecule has 1 aromatic rings. The van der Waals surface area contributed by atoms with Gasteiger partial charge in [-0.1, -0.05) is 0 Å². The van der Waals surface area contributed by atoms with Crippen LogP contribution in [0, 0.1) is 5.92 Å². The van der Waals surface area contributed by atoms with Crippen LogP contribution in [0.25, 0.3) is 0 Å². The van der Waals surface area contributed by atoms with E-state index in [1.54, 1.807) is 18.3 Å². The number of nitrogens with two attached hydrogens (primary N) is 1. The molecule has 2 heterocycles. The average molecular weight is 249 g/mol. The Morgan fingerprint density at radius 3 is 2.72 bits per heavy atom. The maximum Gasteiger partial charge on any atom is 0.228 e. The average Bonchev–Trinajstić information content (AvgIpc) is 2.41. The van der Waals surface area contributed by atoms with Gasteiger partial charge in [0.2, 0.25) is 5.91 Å². The molecule has 0 spiro atoms. The molecule has 0 aromatic carbocycles. The van der Waals surface area contributed by atoms with Crippen LogP contribution in [0.3, 0.4) is 0 Å². The summed E-state index contributed by atoms with van der Waals surface area (Å²) >= 11 is 0. The van der Waals surface area contributed by atoms with Gasteiger partial charge in [0.05, 0.1) is 18.3 Å². The van der Waals surface area contributed by atoms with Crippen LogP contribution in [-0.2, 0) is 11.2 Å². The number of anilines is 1. The zero-order chi connectivity index (χ0) is 13.0. The Labute approximate surface area is 107 Å². The predicted molar refractivity (Wildman–Crippen MR) is 68.7 cm³/mol. The van der Waals surface area contributed by atoms with Gasteiger partial charge in [-0.3, -0.25) is 9.78 Å². The van der Waals surface area contributed by atoms with E-state index in [1.165, 1.54) is 0 Å². The molecule has 0 saturated carbocycles. The first kappa shape index (κ1) is 12.8. The first-order valence-corrected chi connectivity index (χ1v) is 6.28. The lowest BCUT2D eigenvalue weighted by Crippen LogP contribution is -2.40. The fourth-order valence-corrected chi connectivity index (χ4v) is 2.17. The van der Waals surface area contributed by atoms with E-state index in [2.05, 4.69) is 4.98 Å². The summed E-state index contributed by atoms with van der Waals surface area (Å²) in [5.41, 5.74) is 6.90. The molecule has 1 aliphatic heterocycles. The summed E-state index contributed by atoms with van der Waals surface area (Å²) in [5, 5.41) is 9.05. The van der Waals surface area contributed by atoms with E-state index < -0.39 is 0 Å². The maximum absolute atomic E-state index is 12.0. The van der Waals surface area contributed by atoms with E-state index in [-0.39, 0.29) is 12.5 Å². The van der Waals surface area contributed by atoms with Crippen LogP contribution < -0.4 is 5.73 Å². The molecule has 3 N–H and O–H groups in total. The zero-order valence-corrected chi connectivity index (χ0v) is 10.4. The summed E-state index contributed by atoms with van der Waals surface area (Å²) in [6.07, 6.45) is 3.67. The van der Waals surface area contributed by atoms with Gasteiger partial charge in [-0.2, -0.15) is 0 Å². The summed E-state index contributed by atoms with van der Waals surface area (Å²) < 4.78 is 0. The highest BCUT2D eigenvalue weighted by Gasteiger charge is 2.22. The molecule has 0 unspecified atom stereocenters. The largest absolute Gasteiger partial charge is 0.397 e. The van der Waals surface area contributed by atoms with Crippen LogP contribution in [0.2, 0.25) is 0 Å². The number of carbonyl (C=O) groups excluding carboxylic acids is 1. The van der Waals surface area contributed by atoms with Gasteiger partial charge in [-0.05, 0) is 30.9 Å². The second kappa shape index (κ2) is 5.82. The quantitative estimate of drug-likeness (QED) is 0.814. The van der Waals surface area contributed by atoms with E-state index in [0.717, 1.165) is 31.6 Å². The Kier molecular flexibility index (Phi) is 4.15. The Morgan fingerprint density at radius 1 is 1.44 bits per heavy atom. The SMILES string of the molecule is Nc1ccc(CC(=O)N2CCC(CO)CC2)nc1. The number of aliphatic hydroxyl groups is 1. The highest BCUT2D eigenvalue weighted by Crippen LogP contribution is 2.17. The van der Waals surface area contributed by atoms with Crippen molar-refractivity contribution in [1.82, 2.24) is 9.88 Å². The standard InChI is InChI=1S/C13H19N3O2/c14-11-1-2-12(15-8-11)7-13(18)16-5-3-10(9-17)4-6-16/h1-2,8,10,17H,3-7,9,14H2. The summed E-state index contributed by atoms with van der Waals surface area (Å²) in [5.74, 6) is 0.451. The third kappa shape index (κ3) is 3.20. The lowest BCUT2D eigenvalue weighted by molar-refractivity contribution is -0.132. The number of amides is 1. The van der Waals surface area contributed by atoms with Crippen LogP contribution in [-0.4, -0.2) is 40.6 Å². The molecule has 1 aliphatic rings. The third-order valence-electron chi connectivity index (χ3n) is 3.41. The molecule has 0 atom stereocenters. The highest BCUT2D eigenvalue weighted by atomic mass is 16.3. The van der Waals surface area contributed by atoms with Crippen LogP contribution >= 0.6 is 0 Å². The molecule has 0 bridgehead atoms. The minimum Gasteiger partial charge on any atom is -0.397 e. The first-order valence-electron chi connectivity index (χ1n) is 6.28. The number of rotatable bonds is 3. The van der Waals surface area contributed by atoms with Gasteiger partial charge in [0, 0.05) is 25.4 Å². The molecule has 0 aliphatic carbocycles. The van der Waals surface area contributed by atoms with Crippen LogP contribution in [0.1, 0.15) is 18.5 Å². The third-order valence-corrected chi connectivity index (χ3v) is 3.41. The molecule has 1 aromatic heterocycles. The molecule has 1 saturated heterocycles. The summed E-state index contributed by atoms with van der Waals surface area (Å²) in [4.78, 5) is 18.0. The minimum absolute atomic E-state index is 0.101. The van der Waals surface area contributed by atoms with E-state index in [9.17, 15) is 4.79 Å². The van der Waals surface area contributed by atoms with Gasteiger partial charge in [0.1, 0.15) is 0 Å². The van der Waals surface area contributed by atoms with Gasteiger partial charge >= 0.3 is 0 Å². The predicted octanol–water partition coefficient (Wildman–Crippen LogP) is 0.437. The summed E-state index contributed by atoms with van der Waals surface area (Å²) in [6, 6.07) is 3.54. The minimum atomic E-state index is 0.101.